The van der Waals surface area contributed by atoms with Gasteiger partial charge in [0.2, 0.25) is 11.8 Å². The number of carbonyl (C=O) groups excluding carboxylic acids is 1. The molecule has 1 aliphatic rings. The molecule has 1 amide bonds. The van der Waals surface area contributed by atoms with Gasteiger partial charge in [-0.05, 0) is 48.2 Å². The average Bonchev–Trinajstić information content (AvgIpc) is 3.50. The molecule has 1 aromatic heterocycles. The predicted octanol–water partition coefficient (Wildman–Crippen LogP) is 5.38. The minimum atomic E-state index is -0.184. The summed E-state index contributed by atoms with van der Waals surface area (Å²) in [5.41, 5.74) is 3.78. The largest absolute Gasteiger partial charge is 0.418 e. The van der Waals surface area contributed by atoms with E-state index in [1.54, 1.807) is 0 Å². The van der Waals surface area contributed by atoms with Crippen LogP contribution in [0.25, 0.3) is 22.6 Å². The van der Waals surface area contributed by atoms with Gasteiger partial charge in [-0.2, -0.15) is 0 Å². The number of nitrogens with zero attached hydrogens (tertiary/aromatic N) is 3. The smallest absolute Gasteiger partial charge is 0.254 e. The van der Waals surface area contributed by atoms with Crippen molar-refractivity contribution in [2.75, 3.05) is 6.54 Å². The molecule has 1 unspecified atom stereocenters. The first kappa shape index (κ1) is 18.3. The van der Waals surface area contributed by atoms with Crippen LogP contribution in [-0.4, -0.2) is 27.5 Å². The molecule has 0 radical (unpaired) electrons. The van der Waals surface area contributed by atoms with Gasteiger partial charge in [0.25, 0.3) is 5.91 Å². The third kappa shape index (κ3) is 3.50. The van der Waals surface area contributed by atoms with Crippen molar-refractivity contribution in [1.29, 1.82) is 0 Å². The Bertz CT molecular complexity index is 1140. The van der Waals surface area contributed by atoms with Crippen LogP contribution >= 0.6 is 0 Å². The van der Waals surface area contributed by atoms with E-state index in [0.29, 0.717) is 23.9 Å². The van der Waals surface area contributed by atoms with Crippen molar-refractivity contribution in [1.82, 2.24) is 15.1 Å². The fraction of sp³-hybridized carbons (Fsp3) is 0.160. The summed E-state index contributed by atoms with van der Waals surface area (Å²) in [6.07, 6.45) is 1.74. The van der Waals surface area contributed by atoms with Crippen LogP contribution < -0.4 is 0 Å². The Morgan fingerprint density at radius 2 is 1.43 bits per heavy atom. The highest BCUT2D eigenvalue weighted by Gasteiger charge is 2.34. The number of benzene rings is 3. The lowest BCUT2D eigenvalue weighted by atomic mass is 10.0. The zero-order chi connectivity index (χ0) is 20.3. The van der Waals surface area contributed by atoms with Crippen LogP contribution in [0, 0.1) is 0 Å². The summed E-state index contributed by atoms with van der Waals surface area (Å²) in [5.74, 6) is 0.981. The standard InChI is InChI=1S/C25H21N3O2/c29-25(21-15-13-19(14-16-21)18-8-3-1-4-9-18)28-17-7-12-22(28)24-27-26-23(30-24)20-10-5-2-6-11-20/h1-6,8-11,13-16,22H,7,12,17H2. The molecular weight excluding hydrogens is 374 g/mol. The number of carbonyl (C=O) groups is 1. The zero-order valence-corrected chi connectivity index (χ0v) is 16.4. The first-order valence-electron chi connectivity index (χ1n) is 10.1. The summed E-state index contributed by atoms with van der Waals surface area (Å²) in [7, 11) is 0. The molecule has 0 aliphatic carbocycles. The second-order valence-electron chi connectivity index (χ2n) is 7.41. The number of rotatable bonds is 4. The van der Waals surface area contributed by atoms with Gasteiger partial charge in [0.15, 0.2) is 0 Å². The molecule has 2 heterocycles. The zero-order valence-electron chi connectivity index (χ0n) is 16.4. The molecule has 5 heteroatoms. The van der Waals surface area contributed by atoms with E-state index in [2.05, 4.69) is 22.3 Å². The van der Waals surface area contributed by atoms with E-state index in [9.17, 15) is 4.79 Å². The lowest BCUT2D eigenvalue weighted by molar-refractivity contribution is 0.0716. The minimum Gasteiger partial charge on any atom is -0.418 e. The summed E-state index contributed by atoms with van der Waals surface area (Å²) in [6, 6.07) is 27.4. The molecule has 5 nitrogen and oxygen atoms in total. The highest BCUT2D eigenvalue weighted by Crippen LogP contribution is 2.34. The van der Waals surface area contributed by atoms with Gasteiger partial charge in [-0.1, -0.05) is 60.7 Å². The van der Waals surface area contributed by atoms with Gasteiger partial charge in [-0.3, -0.25) is 4.79 Å². The fourth-order valence-electron chi connectivity index (χ4n) is 3.93. The van der Waals surface area contributed by atoms with Gasteiger partial charge >= 0.3 is 0 Å². The van der Waals surface area contributed by atoms with Crippen LogP contribution in [0.2, 0.25) is 0 Å². The topological polar surface area (TPSA) is 59.2 Å². The molecule has 0 N–H and O–H groups in total. The normalized spacial score (nSPS) is 16.0. The molecule has 1 fully saturated rings. The first-order valence-corrected chi connectivity index (χ1v) is 10.1. The Balaban J connectivity index is 1.36. The van der Waals surface area contributed by atoms with Crippen molar-refractivity contribution in [2.45, 2.75) is 18.9 Å². The van der Waals surface area contributed by atoms with E-state index in [-0.39, 0.29) is 11.9 Å². The maximum Gasteiger partial charge on any atom is 0.254 e. The molecule has 0 saturated carbocycles. The van der Waals surface area contributed by atoms with Gasteiger partial charge in [0, 0.05) is 17.7 Å². The Kier molecular flexibility index (Phi) is 4.85. The molecular formula is C25H21N3O2. The number of aromatic nitrogens is 2. The van der Waals surface area contributed by atoms with Gasteiger partial charge in [-0.25, -0.2) is 0 Å². The molecule has 1 atom stereocenters. The summed E-state index contributed by atoms with van der Waals surface area (Å²) in [6.45, 7) is 0.687. The monoisotopic (exact) mass is 395 g/mol. The van der Waals surface area contributed by atoms with Crippen molar-refractivity contribution in [2.24, 2.45) is 0 Å². The maximum absolute atomic E-state index is 13.2. The van der Waals surface area contributed by atoms with Crippen molar-refractivity contribution in [3.05, 3.63) is 96.4 Å². The van der Waals surface area contributed by atoms with Gasteiger partial charge in [0.1, 0.15) is 6.04 Å². The summed E-state index contributed by atoms with van der Waals surface area (Å²) < 4.78 is 5.93. The van der Waals surface area contributed by atoms with Crippen LogP contribution in [0.4, 0.5) is 0 Å². The molecule has 30 heavy (non-hydrogen) atoms. The Morgan fingerprint density at radius 1 is 0.800 bits per heavy atom. The number of hydrogen-bond donors (Lipinski definition) is 0. The second-order valence-corrected chi connectivity index (χ2v) is 7.41. The van der Waals surface area contributed by atoms with Crippen LogP contribution in [0.5, 0.6) is 0 Å². The van der Waals surface area contributed by atoms with E-state index in [4.69, 9.17) is 4.42 Å². The van der Waals surface area contributed by atoms with Crippen molar-refractivity contribution in [3.63, 3.8) is 0 Å². The number of likely N-dealkylation sites (tertiary alicyclic amines) is 1. The van der Waals surface area contributed by atoms with Crippen molar-refractivity contribution in [3.8, 4) is 22.6 Å². The summed E-state index contributed by atoms with van der Waals surface area (Å²) in [4.78, 5) is 15.0. The predicted molar refractivity (Wildman–Crippen MR) is 115 cm³/mol. The third-order valence-electron chi connectivity index (χ3n) is 5.50. The van der Waals surface area contributed by atoms with Gasteiger partial charge in [0.05, 0.1) is 0 Å². The van der Waals surface area contributed by atoms with E-state index in [1.165, 1.54) is 0 Å². The molecule has 1 aliphatic heterocycles. The summed E-state index contributed by atoms with van der Waals surface area (Å²) in [5, 5.41) is 8.43. The third-order valence-corrected chi connectivity index (χ3v) is 5.50. The summed E-state index contributed by atoms with van der Waals surface area (Å²) >= 11 is 0. The Hall–Kier alpha value is -3.73. The fourth-order valence-corrected chi connectivity index (χ4v) is 3.93. The SMILES string of the molecule is O=C(c1ccc(-c2ccccc2)cc1)N1CCCC1c1nnc(-c2ccccc2)o1. The van der Waals surface area contributed by atoms with Crippen molar-refractivity contribution < 1.29 is 9.21 Å². The highest BCUT2D eigenvalue weighted by molar-refractivity contribution is 5.95. The number of amides is 1. The average molecular weight is 395 g/mol. The Morgan fingerprint density at radius 3 is 2.13 bits per heavy atom. The van der Waals surface area contributed by atoms with E-state index >= 15 is 0 Å². The molecule has 0 spiro atoms. The van der Waals surface area contributed by atoms with Crippen LogP contribution in [0.3, 0.4) is 0 Å². The minimum absolute atomic E-state index is 0.00317. The molecule has 1 saturated heterocycles. The molecule has 148 valence electrons. The number of hydrogen-bond acceptors (Lipinski definition) is 4. The molecule has 5 rings (SSSR count). The quantitative estimate of drug-likeness (QED) is 0.465. The lowest BCUT2D eigenvalue weighted by Crippen LogP contribution is -2.30. The maximum atomic E-state index is 13.2. The molecule has 0 bridgehead atoms. The Labute approximate surface area is 175 Å². The van der Waals surface area contributed by atoms with Gasteiger partial charge in [-0.15, -0.1) is 10.2 Å². The first-order chi connectivity index (χ1) is 14.8. The van der Waals surface area contributed by atoms with E-state index in [0.717, 1.165) is 29.5 Å². The van der Waals surface area contributed by atoms with Crippen LogP contribution in [0.1, 0.15) is 35.1 Å². The van der Waals surface area contributed by atoms with Crippen LogP contribution in [-0.2, 0) is 0 Å². The second kappa shape index (κ2) is 7.95. The van der Waals surface area contributed by atoms with E-state index < -0.39 is 0 Å². The molecule has 3 aromatic carbocycles. The highest BCUT2D eigenvalue weighted by atomic mass is 16.4. The lowest BCUT2D eigenvalue weighted by Gasteiger charge is -2.22. The van der Waals surface area contributed by atoms with E-state index in [1.807, 2.05) is 77.7 Å². The van der Waals surface area contributed by atoms with Crippen LogP contribution in [0.15, 0.2) is 89.3 Å². The molecule has 4 aromatic rings. The van der Waals surface area contributed by atoms with Gasteiger partial charge < -0.3 is 9.32 Å². The van der Waals surface area contributed by atoms with Crippen molar-refractivity contribution >= 4 is 5.91 Å².